The van der Waals surface area contributed by atoms with Gasteiger partial charge in [-0.25, -0.2) is 8.78 Å². The summed E-state index contributed by atoms with van der Waals surface area (Å²) in [5, 5.41) is 12.7. The van der Waals surface area contributed by atoms with Crippen LogP contribution in [0.25, 0.3) is 11.1 Å². The Balaban J connectivity index is 1.32. The predicted molar refractivity (Wildman–Crippen MR) is 150 cm³/mol. The summed E-state index contributed by atoms with van der Waals surface area (Å²) in [6.45, 7) is 6.74. The highest BCUT2D eigenvalue weighted by Gasteiger charge is 2.40. The number of rotatable bonds is 10. The number of benzene rings is 2. The molecule has 40 heavy (non-hydrogen) atoms. The van der Waals surface area contributed by atoms with Gasteiger partial charge in [0.1, 0.15) is 23.3 Å². The van der Waals surface area contributed by atoms with Crippen LogP contribution in [0.2, 0.25) is 0 Å². The van der Waals surface area contributed by atoms with Crippen LogP contribution in [0.4, 0.5) is 8.78 Å². The van der Waals surface area contributed by atoms with Crippen LogP contribution in [-0.2, 0) is 4.79 Å². The van der Waals surface area contributed by atoms with Crippen molar-refractivity contribution >= 4 is 11.8 Å². The summed E-state index contributed by atoms with van der Waals surface area (Å²) in [5.41, 5.74) is 0.243. The van der Waals surface area contributed by atoms with Crippen LogP contribution in [0.5, 0.6) is 5.75 Å². The molecule has 218 valence electrons. The van der Waals surface area contributed by atoms with Crippen LogP contribution in [0.3, 0.4) is 0 Å². The summed E-state index contributed by atoms with van der Waals surface area (Å²) in [4.78, 5) is 28.8. The quantitative estimate of drug-likeness (QED) is 0.452. The van der Waals surface area contributed by atoms with Crippen molar-refractivity contribution < 1.29 is 28.2 Å². The Morgan fingerprint density at radius 3 is 2.33 bits per heavy atom. The zero-order valence-corrected chi connectivity index (χ0v) is 23.7. The van der Waals surface area contributed by atoms with Gasteiger partial charge >= 0.3 is 0 Å². The van der Waals surface area contributed by atoms with Gasteiger partial charge in [-0.3, -0.25) is 9.59 Å². The van der Waals surface area contributed by atoms with Gasteiger partial charge in [0.05, 0.1) is 12.7 Å². The Bertz CT molecular complexity index is 1160. The number of aliphatic hydroxyl groups excluding tert-OH is 1. The number of amides is 2. The van der Waals surface area contributed by atoms with Gasteiger partial charge in [0.25, 0.3) is 5.91 Å². The van der Waals surface area contributed by atoms with Gasteiger partial charge in [-0.05, 0) is 80.9 Å². The van der Waals surface area contributed by atoms with E-state index in [4.69, 9.17) is 4.74 Å². The lowest BCUT2D eigenvalue weighted by Crippen LogP contribution is -2.49. The number of alkyl halides is 1. The third-order valence-electron chi connectivity index (χ3n) is 8.49. The van der Waals surface area contributed by atoms with Gasteiger partial charge in [0.15, 0.2) is 0 Å². The lowest BCUT2D eigenvalue weighted by atomic mass is 9.94. The van der Waals surface area contributed by atoms with E-state index in [2.05, 4.69) is 10.2 Å². The smallest absolute Gasteiger partial charge is 0.254 e. The Labute approximate surface area is 235 Å². The third-order valence-corrected chi connectivity index (χ3v) is 8.49. The first-order chi connectivity index (χ1) is 19.2. The molecule has 0 radical (unpaired) electrons. The van der Waals surface area contributed by atoms with E-state index in [-0.39, 0.29) is 12.5 Å². The number of nitrogens with one attached hydrogen (secondary N) is 1. The number of piperidine rings is 1. The number of carbonyl (C=O) groups is 2. The Hall–Kier alpha value is -3.04. The van der Waals surface area contributed by atoms with Crippen molar-refractivity contribution in [3.05, 3.63) is 53.8 Å². The molecule has 4 rings (SSSR count). The van der Waals surface area contributed by atoms with Gasteiger partial charge in [0.2, 0.25) is 5.91 Å². The maximum absolute atomic E-state index is 15.0. The maximum atomic E-state index is 15.0. The summed E-state index contributed by atoms with van der Waals surface area (Å²) in [7, 11) is 1.47. The highest BCUT2D eigenvalue weighted by atomic mass is 19.1. The fourth-order valence-electron chi connectivity index (χ4n) is 5.65. The van der Waals surface area contributed by atoms with Crippen molar-refractivity contribution in [2.24, 2.45) is 5.92 Å². The predicted octanol–water partition coefficient (Wildman–Crippen LogP) is 4.43. The number of hydrogen-bond acceptors (Lipinski definition) is 5. The molecule has 2 aliphatic heterocycles. The molecular weight excluding hydrogens is 516 g/mol. The number of nitrogens with zero attached hydrogens (tertiary/aromatic N) is 2. The van der Waals surface area contributed by atoms with Crippen LogP contribution < -0.4 is 10.1 Å². The molecule has 0 saturated carbocycles. The van der Waals surface area contributed by atoms with Crippen molar-refractivity contribution in [1.29, 1.82) is 0 Å². The highest BCUT2D eigenvalue weighted by molar-refractivity contribution is 5.98. The number of likely N-dealkylation sites (N-methyl/N-ethyl adjacent to an activating group) is 1. The second-order valence-corrected chi connectivity index (χ2v) is 11.0. The Morgan fingerprint density at radius 1 is 1.05 bits per heavy atom. The van der Waals surface area contributed by atoms with Gasteiger partial charge in [-0.1, -0.05) is 26.0 Å². The molecule has 0 bridgehead atoms. The minimum atomic E-state index is -1.12. The normalized spacial score (nSPS) is 20.5. The molecule has 2 amide bonds. The SMILES string of the molecule is CCC(F)(CC)CN1CCC(COc2ccc(-c3ccc(C(=O)N4CCC(O)C4C(=O)NC)cc3)c(F)c2)CC1. The van der Waals surface area contributed by atoms with E-state index in [1.807, 2.05) is 13.8 Å². The lowest BCUT2D eigenvalue weighted by Gasteiger charge is -2.36. The number of likely N-dealkylation sites (tertiary alicyclic amines) is 2. The standard InChI is InChI=1S/C31H41F2N3O4/c1-4-31(33,5-2)20-35-15-12-21(13-16-35)19-40-24-10-11-25(26(32)18-24)22-6-8-23(9-7-22)30(39)36-17-14-27(37)28(36)29(38)34-3/h6-11,18,21,27-28,37H,4-5,12-17,19-20H2,1-3H3,(H,34,38). The molecule has 2 unspecified atom stereocenters. The van der Waals surface area contributed by atoms with E-state index in [0.29, 0.717) is 60.8 Å². The molecule has 2 saturated heterocycles. The van der Waals surface area contributed by atoms with Crippen molar-refractivity contribution in [3.63, 3.8) is 0 Å². The first-order valence-corrected chi connectivity index (χ1v) is 14.3. The van der Waals surface area contributed by atoms with Crippen LogP contribution >= 0.6 is 0 Å². The fraction of sp³-hybridized carbons (Fsp3) is 0.548. The minimum absolute atomic E-state index is 0.283. The molecule has 2 heterocycles. The molecule has 0 spiro atoms. The second kappa shape index (κ2) is 13.1. The van der Waals surface area contributed by atoms with E-state index >= 15 is 4.39 Å². The zero-order chi connectivity index (χ0) is 28.9. The average Bonchev–Trinajstić information content (AvgIpc) is 3.37. The summed E-state index contributed by atoms with van der Waals surface area (Å²) in [6, 6.07) is 10.4. The molecule has 0 aromatic heterocycles. The largest absolute Gasteiger partial charge is 0.493 e. The second-order valence-electron chi connectivity index (χ2n) is 11.0. The lowest BCUT2D eigenvalue weighted by molar-refractivity contribution is -0.126. The van der Waals surface area contributed by atoms with Crippen molar-refractivity contribution in [2.45, 2.75) is 63.8 Å². The summed E-state index contributed by atoms with van der Waals surface area (Å²) in [5.74, 6) is -0.376. The van der Waals surface area contributed by atoms with E-state index in [0.717, 1.165) is 25.9 Å². The molecule has 7 nitrogen and oxygen atoms in total. The van der Waals surface area contributed by atoms with Crippen LogP contribution in [0, 0.1) is 11.7 Å². The number of ether oxygens (including phenoxy) is 1. The average molecular weight is 558 g/mol. The minimum Gasteiger partial charge on any atom is -0.493 e. The molecule has 0 aliphatic carbocycles. The summed E-state index contributed by atoms with van der Waals surface area (Å²) in [6.07, 6.45) is 2.33. The molecule has 2 aromatic rings. The van der Waals surface area contributed by atoms with Crippen molar-refractivity contribution in [3.8, 4) is 16.9 Å². The summed E-state index contributed by atoms with van der Waals surface area (Å²) < 4.78 is 35.7. The Morgan fingerprint density at radius 2 is 1.73 bits per heavy atom. The van der Waals surface area contributed by atoms with Gasteiger partial charge in [-0.2, -0.15) is 0 Å². The van der Waals surface area contributed by atoms with Gasteiger partial charge in [-0.15, -0.1) is 0 Å². The van der Waals surface area contributed by atoms with E-state index in [1.165, 1.54) is 18.0 Å². The molecule has 9 heteroatoms. The number of hydrogen-bond donors (Lipinski definition) is 2. The van der Waals surface area contributed by atoms with Crippen molar-refractivity contribution in [1.82, 2.24) is 15.1 Å². The summed E-state index contributed by atoms with van der Waals surface area (Å²) >= 11 is 0. The third kappa shape index (κ3) is 6.81. The number of halogens is 2. The van der Waals surface area contributed by atoms with Crippen molar-refractivity contribution in [2.75, 3.05) is 39.8 Å². The molecule has 2 N–H and O–H groups in total. The van der Waals surface area contributed by atoms with Gasteiger partial charge in [0, 0.05) is 37.3 Å². The first-order valence-electron chi connectivity index (χ1n) is 14.3. The zero-order valence-electron chi connectivity index (χ0n) is 23.7. The molecule has 2 atom stereocenters. The number of carbonyl (C=O) groups excluding carboxylic acids is 2. The number of aliphatic hydroxyl groups is 1. The molecule has 2 fully saturated rings. The van der Waals surface area contributed by atoms with E-state index < -0.39 is 29.5 Å². The fourth-order valence-corrected chi connectivity index (χ4v) is 5.65. The molecule has 2 aromatic carbocycles. The monoisotopic (exact) mass is 557 g/mol. The first kappa shape index (κ1) is 29.9. The van der Waals surface area contributed by atoms with Crippen LogP contribution in [0.1, 0.15) is 56.3 Å². The molecule has 2 aliphatic rings. The maximum Gasteiger partial charge on any atom is 0.254 e. The highest BCUT2D eigenvalue weighted by Crippen LogP contribution is 2.29. The van der Waals surface area contributed by atoms with Crippen LogP contribution in [-0.4, -0.2) is 84.4 Å². The van der Waals surface area contributed by atoms with E-state index in [9.17, 15) is 19.1 Å². The van der Waals surface area contributed by atoms with Crippen LogP contribution in [0.15, 0.2) is 42.5 Å². The van der Waals surface area contributed by atoms with E-state index in [1.54, 1.807) is 36.4 Å². The van der Waals surface area contributed by atoms with Gasteiger partial charge < -0.3 is 25.0 Å². The Kier molecular flexibility index (Phi) is 9.79. The molecular formula is C31H41F2N3O4. The topological polar surface area (TPSA) is 82.1 Å².